The van der Waals surface area contributed by atoms with Gasteiger partial charge in [0.15, 0.2) is 0 Å². The molecule has 4 aromatic rings. The highest BCUT2D eigenvalue weighted by Gasteiger charge is 2.29. The van der Waals surface area contributed by atoms with Crippen LogP contribution in [0, 0.1) is 13.8 Å². The molecule has 0 N–H and O–H groups in total. The van der Waals surface area contributed by atoms with Crippen LogP contribution < -0.4 is 9.47 Å². The second kappa shape index (κ2) is 7.87. The lowest BCUT2D eigenvalue weighted by atomic mass is 9.95. The first kappa shape index (κ1) is 19.4. The molecule has 0 radical (unpaired) electrons. The maximum Gasteiger partial charge on any atom is 0.204 e. The predicted molar refractivity (Wildman–Crippen MR) is 110 cm³/mol. The number of rotatable bonds is 6. The van der Waals surface area contributed by atoms with Gasteiger partial charge < -0.3 is 18.5 Å². The fraction of sp³-hybridized carbons (Fsp3) is 0.174. The highest BCUT2D eigenvalue weighted by atomic mass is 16.5. The van der Waals surface area contributed by atoms with E-state index in [4.69, 9.17) is 18.5 Å². The molecule has 0 amide bonds. The minimum absolute atomic E-state index is 0.275. The van der Waals surface area contributed by atoms with Crippen LogP contribution >= 0.6 is 0 Å². The van der Waals surface area contributed by atoms with Crippen molar-refractivity contribution < 1.29 is 23.3 Å². The highest BCUT2D eigenvalue weighted by molar-refractivity contribution is 6.16. The monoisotopic (exact) mass is 404 g/mol. The standard InChI is InChI=1S/C23H20N2O5/c1-13-19(21(24-29-13)15-7-5-9-17(11-15)27-3)23(26)20-14(2)30-25-22(20)16-8-6-10-18(12-16)28-4/h5-12H,1-4H3. The first-order valence-corrected chi connectivity index (χ1v) is 9.29. The predicted octanol–water partition coefficient (Wildman–Crippen LogP) is 4.86. The summed E-state index contributed by atoms with van der Waals surface area (Å²) < 4.78 is 21.4. The van der Waals surface area contributed by atoms with Crippen LogP contribution in [0.15, 0.2) is 57.6 Å². The highest BCUT2D eigenvalue weighted by Crippen LogP contribution is 2.34. The number of aryl methyl sites for hydroxylation is 2. The van der Waals surface area contributed by atoms with Gasteiger partial charge in [0.2, 0.25) is 5.78 Å². The SMILES string of the molecule is COc1cccc(-c2noc(C)c2C(=O)c2c(-c3cccc(OC)c3)noc2C)c1. The summed E-state index contributed by atoms with van der Waals surface area (Å²) in [5.74, 6) is 1.86. The summed E-state index contributed by atoms with van der Waals surface area (Å²) >= 11 is 0. The molecule has 7 heteroatoms. The van der Waals surface area contributed by atoms with E-state index in [1.165, 1.54) is 0 Å². The molecule has 30 heavy (non-hydrogen) atoms. The molecule has 2 heterocycles. The zero-order valence-corrected chi connectivity index (χ0v) is 17.1. The van der Waals surface area contributed by atoms with Crippen molar-refractivity contribution in [2.45, 2.75) is 13.8 Å². The quantitative estimate of drug-likeness (QED) is 0.424. The van der Waals surface area contributed by atoms with Crippen LogP contribution in [0.5, 0.6) is 11.5 Å². The van der Waals surface area contributed by atoms with Gasteiger partial charge >= 0.3 is 0 Å². The van der Waals surface area contributed by atoms with E-state index in [0.717, 1.165) is 0 Å². The Morgan fingerprint density at radius 1 is 0.767 bits per heavy atom. The molecule has 0 atom stereocenters. The van der Waals surface area contributed by atoms with Crippen molar-refractivity contribution >= 4 is 5.78 Å². The van der Waals surface area contributed by atoms with Crippen molar-refractivity contribution in [3.8, 4) is 34.0 Å². The number of carbonyl (C=O) groups excluding carboxylic acids is 1. The van der Waals surface area contributed by atoms with E-state index >= 15 is 0 Å². The maximum absolute atomic E-state index is 13.6. The number of hydrogen-bond donors (Lipinski definition) is 0. The fourth-order valence-corrected chi connectivity index (χ4v) is 3.34. The lowest BCUT2D eigenvalue weighted by molar-refractivity contribution is 0.103. The third kappa shape index (κ3) is 3.34. The molecule has 0 saturated carbocycles. The molecule has 0 fully saturated rings. The number of nitrogens with zero attached hydrogens (tertiary/aromatic N) is 2. The summed E-state index contributed by atoms with van der Waals surface area (Å²) in [6.07, 6.45) is 0. The fourth-order valence-electron chi connectivity index (χ4n) is 3.34. The summed E-state index contributed by atoms with van der Waals surface area (Å²) in [5.41, 5.74) is 3.03. The van der Waals surface area contributed by atoms with Crippen LogP contribution in [0.25, 0.3) is 22.5 Å². The van der Waals surface area contributed by atoms with Gasteiger partial charge in [0, 0.05) is 11.1 Å². The minimum atomic E-state index is -0.275. The Bertz CT molecular complexity index is 1130. The van der Waals surface area contributed by atoms with E-state index in [2.05, 4.69) is 10.3 Å². The van der Waals surface area contributed by atoms with Crippen molar-refractivity contribution in [2.75, 3.05) is 14.2 Å². The molecule has 0 aliphatic rings. The third-order valence-corrected chi connectivity index (χ3v) is 4.87. The molecule has 152 valence electrons. The minimum Gasteiger partial charge on any atom is -0.497 e. The molecule has 2 aromatic carbocycles. The first-order valence-electron chi connectivity index (χ1n) is 9.29. The summed E-state index contributed by atoms with van der Waals surface area (Å²) in [4.78, 5) is 13.6. The Balaban J connectivity index is 1.84. The van der Waals surface area contributed by atoms with Gasteiger partial charge in [0.05, 0.1) is 25.3 Å². The van der Waals surface area contributed by atoms with Gasteiger partial charge in [-0.15, -0.1) is 0 Å². The van der Waals surface area contributed by atoms with Crippen LogP contribution in [0.1, 0.15) is 27.4 Å². The zero-order valence-electron chi connectivity index (χ0n) is 17.1. The molecule has 0 saturated heterocycles. The average molecular weight is 404 g/mol. The Morgan fingerprint density at radius 3 is 1.60 bits per heavy atom. The normalized spacial score (nSPS) is 10.8. The van der Waals surface area contributed by atoms with Crippen molar-refractivity contribution in [1.82, 2.24) is 10.3 Å². The van der Waals surface area contributed by atoms with Crippen molar-refractivity contribution in [3.63, 3.8) is 0 Å². The zero-order chi connectivity index (χ0) is 21.3. The van der Waals surface area contributed by atoms with Crippen LogP contribution in [0.4, 0.5) is 0 Å². The van der Waals surface area contributed by atoms with E-state index in [9.17, 15) is 4.79 Å². The van der Waals surface area contributed by atoms with Crippen LogP contribution in [0.2, 0.25) is 0 Å². The van der Waals surface area contributed by atoms with Gasteiger partial charge in [-0.25, -0.2) is 0 Å². The second-order valence-electron chi connectivity index (χ2n) is 6.72. The number of hydrogen-bond acceptors (Lipinski definition) is 7. The Hall–Kier alpha value is -3.87. The number of carbonyl (C=O) groups is 1. The van der Waals surface area contributed by atoms with Gasteiger partial charge in [-0.1, -0.05) is 34.6 Å². The van der Waals surface area contributed by atoms with E-state index in [1.807, 2.05) is 36.4 Å². The average Bonchev–Trinajstić information content (AvgIpc) is 3.36. The number of methoxy groups -OCH3 is 2. The molecular weight excluding hydrogens is 384 g/mol. The topological polar surface area (TPSA) is 87.6 Å². The Kier molecular flexibility index (Phi) is 5.10. The summed E-state index contributed by atoms with van der Waals surface area (Å²) in [6.45, 7) is 3.41. The maximum atomic E-state index is 13.6. The second-order valence-corrected chi connectivity index (χ2v) is 6.72. The summed E-state index contributed by atoms with van der Waals surface area (Å²) in [7, 11) is 3.17. The molecule has 0 aliphatic heterocycles. The lowest BCUT2D eigenvalue weighted by Gasteiger charge is -2.06. The van der Waals surface area contributed by atoms with Crippen LogP contribution in [0.3, 0.4) is 0 Å². The molecular formula is C23H20N2O5. The van der Waals surface area contributed by atoms with Gasteiger partial charge in [-0.05, 0) is 38.1 Å². The molecule has 0 spiro atoms. The summed E-state index contributed by atoms with van der Waals surface area (Å²) in [6, 6.07) is 14.6. The molecule has 4 rings (SSSR count). The molecule has 0 unspecified atom stereocenters. The van der Waals surface area contributed by atoms with E-state index in [-0.39, 0.29) is 5.78 Å². The van der Waals surface area contributed by atoms with E-state index in [1.54, 1.807) is 40.2 Å². The van der Waals surface area contributed by atoms with E-state index < -0.39 is 0 Å². The van der Waals surface area contributed by atoms with Crippen molar-refractivity contribution in [1.29, 1.82) is 0 Å². The number of aromatic nitrogens is 2. The number of ether oxygens (including phenoxy) is 2. The number of ketones is 1. The van der Waals surface area contributed by atoms with Crippen LogP contribution in [-0.2, 0) is 0 Å². The van der Waals surface area contributed by atoms with Gasteiger partial charge in [-0.3, -0.25) is 4.79 Å². The van der Waals surface area contributed by atoms with Gasteiger partial charge in [0.1, 0.15) is 34.4 Å². The van der Waals surface area contributed by atoms with Crippen molar-refractivity contribution in [2.24, 2.45) is 0 Å². The third-order valence-electron chi connectivity index (χ3n) is 4.87. The first-order chi connectivity index (χ1) is 14.5. The van der Waals surface area contributed by atoms with Gasteiger partial charge in [-0.2, -0.15) is 0 Å². The van der Waals surface area contributed by atoms with Crippen LogP contribution in [-0.4, -0.2) is 30.3 Å². The Morgan fingerprint density at radius 2 is 1.20 bits per heavy atom. The van der Waals surface area contributed by atoms with Gasteiger partial charge in [0.25, 0.3) is 0 Å². The van der Waals surface area contributed by atoms with Crippen molar-refractivity contribution in [3.05, 3.63) is 71.2 Å². The van der Waals surface area contributed by atoms with E-state index in [0.29, 0.717) is 56.7 Å². The molecule has 2 aromatic heterocycles. The Labute approximate surface area is 173 Å². The molecule has 7 nitrogen and oxygen atoms in total. The smallest absolute Gasteiger partial charge is 0.204 e. The lowest BCUT2D eigenvalue weighted by Crippen LogP contribution is -2.06. The summed E-state index contributed by atoms with van der Waals surface area (Å²) in [5, 5.41) is 8.26. The molecule has 0 bridgehead atoms. The largest absolute Gasteiger partial charge is 0.497 e. The molecule has 0 aliphatic carbocycles. The number of benzene rings is 2.